The molecule has 0 atom stereocenters. The molecular formula is C11H21NO5S. The summed E-state index contributed by atoms with van der Waals surface area (Å²) in [4.78, 5) is 11.2. The third kappa shape index (κ3) is 7.41. The van der Waals surface area contributed by atoms with Gasteiger partial charge in [0.2, 0.25) is 0 Å². The molecule has 6 nitrogen and oxygen atoms in total. The first-order valence-electron chi connectivity index (χ1n) is 5.56. The number of carbonyl (C=O) groups is 1. The summed E-state index contributed by atoms with van der Waals surface area (Å²) in [6.45, 7) is 8.09. The second-order valence-corrected chi connectivity index (χ2v) is 6.29. The molecule has 0 radical (unpaired) electrons. The lowest BCUT2D eigenvalue weighted by Crippen LogP contribution is -2.35. The van der Waals surface area contributed by atoms with Crippen molar-refractivity contribution in [2.75, 3.05) is 18.9 Å². The minimum Gasteiger partial charge on any atom is -0.459 e. The predicted molar refractivity (Wildman–Crippen MR) is 68.4 cm³/mol. The molecule has 0 spiro atoms. The summed E-state index contributed by atoms with van der Waals surface area (Å²) >= 11 is 0. The van der Waals surface area contributed by atoms with E-state index < -0.39 is 21.7 Å². The van der Waals surface area contributed by atoms with Gasteiger partial charge in [0.25, 0.3) is 10.1 Å². The molecule has 0 heterocycles. The van der Waals surface area contributed by atoms with Gasteiger partial charge in [0, 0.05) is 5.57 Å². The lowest BCUT2D eigenvalue weighted by atomic mass is 10.2. The highest BCUT2D eigenvalue weighted by molar-refractivity contribution is 7.86. The van der Waals surface area contributed by atoms with Crippen LogP contribution in [0.1, 0.15) is 27.2 Å². The molecule has 0 aromatic carbocycles. The number of hydrogen-bond donors (Lipinski definition) is 1. The van der Waals surface area contributed by atoms with Crippen molar-refractivity contribution in [1.29, 1.82) is 0 Å². The second-order valence-electron chi connectivity index (χ2n) is 4.60. The maximum Gasteiger partial charge on any atom is 0.333 e. The monoisotopic (exact) mass is 279 g/mol. The van der Waals surface area contributed by atoms with E-state index in [0.29, 0.717) is 6.42 Å². The van der Waals surface area contributed by atoms with E-state index in [-0.39, 0.29) is 24.5 Å². The first-order chi connectivity index (χ1) is 8.09. The van der Waals surface area contributed by atoms with E-state index in [1.165, 1.54) is 20.8 Å². The molecular weight excluding hydrogens is 258 g/mol. The third-order valence-corrected chi connectivity index (χ3v) is 3.34. The van der Waals surface area contributed by atoms with Gasteiger partial charge in [0.05, 0.1) is 5.75 Å². The summed E-state index contributed by atoms with van der Waals surface area (Å²) in [5.74, 6) is -0.729. The molecule has 0 fully saturated rings. The molecule has 0 unspecified atom stereocenters. The summed E-state index contributed by atoms with van der Waals surface area (Å²) in [5.41, 5.74) is 4.37. The molecule has 0 rings (SSSR count). The van der Waals surface area contributed by atoms with Gasteiger partial charge in [-0.3, -0.25) is 4.18 Å². The number of ether oxygens (including phenoxy) is 1. The Labute approximate surface area is 108 Å². The van der Waals surface area contributed by atoms with Crippen LogP contribution in [-0.4, -0.2) is 38.9 Å². The zero-order valence-corrected chi connectivity index (χ0v) is 11.9. The topological polar surface area (TPSA) is 95.7 Å². The summed E-state index contributed by atoms with van der Waals surface area (Å²) in [7, 11) is -3.66. The van der Waals surface area contributed by atoms with E-state index in [1.807, 2.05) is 0 Å². The average Bonchev–Trinajstić information content (AvgIpc) is 2.21. The Morgan fingerprint density at radius 2 is 1.94 bits per heavy atom. The smallest absolute Gasteiger partial charge is 0.333 e. The van der Waals surface area contributed by atoms with Crippen molar-refractivity contribution in [3.63, 3.8) is 0 Å². The first kappa shape index (κ1) is 17.1. The van der Waals surface area contributed by atoms with Gasteiger partial charge in [-0.25, -0.2) is 4.79 Å². The van der Waals surface area contributed by atoms with Gasteiger partial charge in [-0.15, -0.1) is 0 Å². The van der Waals surface area contributed by atoms with Crippen LogP contribution in [0, 0.1) is 0 Å². The van der Waals surface area contributed by atoms with Crippen molar-refractivity contribution in [3.8, 4) is 0 Å². The Hall–Kier alpha value is -0.920. The Morgan fingerprint density at radius 1 is 1.39 bits per heavy atom. The van der Waals surface area contributed by atoms with Gasteiger partial charge in [-0.1, -0.05) is 6.58 Å². The lowest BCUT2D eigenvalue weighted by Gasteiger charge is -2.24. The highest BCUT2D eigenvalue weighted by Gasteiger charge is 2.28. The standard InChI is InChI=1S/C11H21NO5S/c1-9(2)10(13)16-8-11(3,4)17-18(14,15)7-5-6-12/h1,5-8,12H2,2-4H3. The molecule has 0 aliphatic heterocycles. The molecule has 0 aliphatic carbocycles. The number of carbonyl (C=O) groups excluding carboxylic acids is 1. The SMILES string of the molecule is C=C(C)C(=O)OCC(C)(C)OS(=O)(=O)CCCN. The number of nitrogens with two attached hydrogens (primary N) is 1. The Morgan fingerprint density at radius 3 is 2.39 bits per heavy atom. The fraction of sp³-hybridized carbons (Fsp3) is 0.727. The highest BCUT2D eigenvalue weighted by atomic mass is 32.2. The van der Waals surface area contributed by atoms with E-state index in [2.05, 4.69) is 6.58 Å². The second kappa shape index (κ2) is 6.86. The lowest BCUT2D eigenvalue weighted by molar-refractivity contribution is -0.143. The van der Waals surface area contributed by atoms with Crippen LogP contribution in [0.15, 0.2) is 12.2 Å². The highest BCUT2D eigenvalue weighted by Crippen LogP contribution is 2.15. The van der Waals surface area contributed by atoms with Crippen LogP contribution in [0.5, 0.6) is 0 Å². The molecule has 0 aliphatic rings. The molecule has 2 N–H and O–H groups in total. The van der Waals surface area contributed by atoms with E-state index in [4.69, 9.17) is 14.7 Å². The van der Waals surface area contributed by atoms with Crippen molar-refractivity contribution in [1.82, 2.24) is 0 Å². The Kier molecular flexibility index (Phi) is 6.51. The summed E-state index contributed by atoms with van der Waals surface area (Å²) in [5, 5.41) is 0. The molecule has 0 aromatic heterocycles. The van der Waals surface area contributed by atoms with Crippen LogP contribution in [0.4, 0.5) is 0 Å². The summed E-state index contributed by atoms with van der Waals surface area (Å²) < 4.78 is 32.9. The molecule has 0 bridgehead atoms. The molecule has 0 saturated heterocycles. The van der Waals surface area contributed by atoms with Gasteiger partial charge in [-0.05, 0) is 33.7 Å². The van der Waals surface area contributed by atoms with E-state index in [0.717, 1.165) is 0 Å². The molecule has 106 valence electrons. The molecule has 0 aromatic rings. The molecule has 0 amide bonds. The number of hydrogen-bond acceptors (Lipinski definition) is 6. The van der Waals surface area contributed by atoms with Gasteiger partial charge in [0.15, 0.2) is 0 Å². The number of rotatable bonds is 8. The third-order valence-electron chi connectivity index (χ3n) is 1.85. The van der Waals surface area contributed by atoms with Gasteiger partial charge in [-0.2, -0.15) is 8.42 Å². The van der Waals surface area contributed by atoms with E-state index >= 15 is 0 Å². The first-order valence-corrected chi connectivity index (χ1v) is 7.13. The van der Waals surface area contributed by atoms with Crippen LogP contribution in [0.2, 0.25) is 0 Å². The van der Waals surface area contributed by atoms with E-state index in [1.54, 1.807) is 0 Å². The van der Waals surface area contributed by atoms with Crippen molar-refractivity contribution < 1.29 is 22.1 Å². The van der Waals surface area contributed by atoms with Crippen LogP contribution in [0.25, 0.3) is 0 Å². The minimum absolute atomic E-state index is 0.151. The maximum absolute atomic E-state index is 11.5. The van der Waals surface area contributed by atoms with Crippen molar-refractivity contribution in [3.05, 3.63) is 12.2 Å². The zero-order valence-electron chi connectivity index (χ0n) is 11.1. The van der Waals surface area contributed by atoms with Gasteiger partial charge in [0.1, 0.15) is 12.2 Å². The van der Waals surface area contributed by atoms with Crippen LogP contribution in [0.3, 0.4) is 0 Å². The predicted octanol–water partition coefficient (Wildman–Crippen LogP) is 0.580. The Bertz CT molecular complexity index is 400. The van der Waals surface area contributed by atoms with Crippen LogP contribution >= 0.6 is 0 Å². The van der Waals surface area contributed by atoms with Crippen LogP contribution in [-0.2, 0) is 23.8 Å². The van der Waals surface area contributed by atoms with E-state index in [9.17, 15) is 13.2 Å². The van der Waals surface area contributed by atoms with Gasteiger partial charge >= 0.3 is 5.97 Å². The quantitative estimate of drug-likeness (QED) is 0.396. The van der Waals surface area contributed by atoms with Crippen molar-refractivity contribution in [2.24, 2.45) is 5.73 Å². The fourth-order valence-electron chi connectivity index (χ4n) is 1.03. The summed E-state index contributed by atoms with van der Waals surface area (Å²) in [6, 6.07) is 0. The minimum atomic E-state index is -3.66. The normalized spacial score (nSPS) is 12.2. The zero-order chi connectivity index (χ0) is 14.4. The average molecular weight is 279 g/mol. The Balaban J connectivity index is 4.38. The molecule has 18 heavy (non-hydrogen) atoms. The number of esters is 1. The largest absolute Gasteiger partial charge is 0.459 e. The molecule has 0 saturated carbocycles. The fourth-order valence-corrected chi connectivity index (χ4v) is 2.37. The maximum atomic E-state index is 11.5. The van der Waals surface area contributed by atoms with Crippen LogP contribution < -0.4 is 5.73 Å². The van der Waals surface area contributed by atoms with Gasteiger partial charge < -0.3 is 10.5 Å². The van der Waals surface area contributed by atoms with Crippen molar-refractivity contribution in [2.45, 2.75) is 32.8 Å². The summed E-state index contributed by atoms with van der Waals surface area (Å²) in [6.07, 6.45) is 0.323. The van der Waals surface area contributed by atoms with Crippen molar-refractivity contribution >= 4 is 16.1 Å². The molecule has 7 heteroatoms.